The smallest absolute Gasteiger partial charge is 0.220 e. The van der Waals surface area contributed by atoms with Crippen LogP contribution in [-0.4, -0.2) is 11.9 Å². The molecule has 0 aliphatic rings. The first-order valence-electron chi connectivity index (χ1n) is 5.52. The van der Waals surface area contributed by atoms with Crippen LogP contribution in [0.3, 0.4) is 0 Å². The molecule has 1 N–H and O–H groups in total. The molecule has 2 heteroatoms. The Kier molecular flexibility index (Phi) is 7.17. The Hall–Kier alpha value is -0.790. The van der Waals surface area contributed by atoms with Crippen molar-refractivity contribution in [1.82, 2.24) is 5.32 Å². The first-order chi connectivity index (χ1) is 6.56. The van der Waals surface area contributed by atoms with Gasteiger partial charge in [0.1, 0.15) is 0 Å². The minimum atomic E-state index is 0.147. The molecule has 1 amide bonds. The van der Waals surface area contributed by atoms with Gasteiger partial charge in [0.2, 0.25) is 5.91 Å². The van der Waals surface area contributed by atoms with Crippen molar-refractivity contribution in [2.75, 3.05) is 0 Å². The van der Waals surface area contributed by atoms with Crippen molar-refractivity contribution in [2.24, 2.45) is 5.92 Å². The summed E-state index contributed by atoms with van der Waals surface area (Å²) in [7, 11) is 0. The van der Waals surface area contributed by atoms with E-state index in [-0.39, 0.29) is 11.9 Å². The van der Waals surface area contributed by atoms with E-state index < -0.39 is 0 Å². The molecule has 2 nitrogen and oxygen atoms in total. The van der Waals surface area contributed by atoms with Gasteiger partial charge in [-0.2, -0.15) is 0 Å². The van der Waals surface area contributed by atoms with Gasteiger partial charge in [0.25, 0.3) is 0 Å². The van der Waals surface area contributed by atoms with Crippen LogP contribution in [0.4, 0.5) is 0 Å². The van der Waals surface area contributed by atoms with Crippen LogP contribution in [0.2, 0.25) is 0 Å². The third-order valence-corrected chi connectivity index (χ3v) is 1.88. The fourth-order valence-corrected chi connectivity index (χ4v) is 1.24. The standard InChI is InChI=1S/C12H23NO/c1-5-6-7-8-11(4)9-12(14)13-10(2)3/h7-8,10-11H,5-6,9H2,1-4H3,(H,13,14)/b8-7+/t11-/m0/s1. The summed E-state index contributed by atoms with van der Waals surface area (Å²) in [6, 6.07) is 0.245. The highest BCUT2D eigenvalue weighted by Crippen LogP contribution is 2.05. The average Bonchev–Trinajstić information content (AvgIpc) is 2.02. The Bertz CT molecular complexity index is 185. The van der Waals surface area contributed by atoms with E-state index in [1.165, 1.54) is 6.42 Å². The molecule has 0 aromatic carbocycles. The zero-order valence-electron chi connectivity index (χ0n) is 9.84. The fourth-order valence-electron chi connectivity index (χ4n) is 1.24. The number of carbonyl (C=O) groups is 1. The summed E-state index contributed by atoms with van der Waals surface area (Å²) in [5.41, 5.74) is 0. The predicted octanol–water partition coefficient (Wildman–Crippen LogP) is 2.89. The molecule has 0 saturated heterocycles. The van der Waals surface area contributed by atoms with E-state index in [9.17, 15) is 4.79 Å². The summed E-state index contributed by atoms with van der Waals surface area (Å²) in [6.07, 6.45) is 7.16. The number of unbranched alkanes of at least 4 members (excludes halogenated alkanes) is 1. The van der Waals surface area contributed by atoms with Gasteiger partial charge in [-0.05, 0) is 26.2 Å². The molecule has 14 heavy (non-hydrogen) atoms. The third kappa shape index (κ3) is 7.84. The normalized spacial score (nSPS) is 13.5. The lowest BCUT2D eigenvalue weighted by Crippen LogP contribution is -2.30. The van der Waals surface area contributed by atoms with Crippen molar-refractivity contribution in [2.45, 2.75) is 53.0 Å². The van der Waals surface area contributed by atoms with Gasteiger partial charge in [0.15, 0.2) is 0 Å². The first-order valence-corrected chi connectivity index (χ1v) is 5.52. The van der Waals surface area contributed by atoms with Crippen molar-refractivity contribution in [1.29, 1.82) is 0 Å². The van der Waals surface area contributed by atoms with Gasteiger partial charge in [-0.1, -0.05) is 32.4 Å². The number of allylic oxidation sites excluding steroid dienone is 2. The molecule has 0 radical (unpaired) electrons. The molecule has 0 rings (SSSR count). The Labute approximate surface area is 87.8 Å². The molecule has 0 spiro atoms. The Morgan fingerprint density at radius 2 is 2.00 bits per heavy atom. The van der Waals surface area contributed by atoms with Gasteiger partial charge in [0, 0.05) is 12.5 Å². The summed E-state index contributed by atoms with van der Waals surface area (Å²) >= 11 is 0. The van der Waals surface area contributed by atoms with Crippen LogP contribution in [0, 0.1) is 5.92 Å². The molecule has 0 heterocycles. The molecule has 0 aromatic rings. The van der Waals surface area contributed by atoms with Crippen molar-refractivity contribution in [3.63, 3.8) is 0 Å². The third-order valence-electron chi connectivity index (χ3n) is 1.88. The zero-order valence-corrected chi connectivity index (χ0v) is 9.84. The monoisotopic (exact) mass is 197 g/mol. The van der Waals surface area contributed by atoms with E-state index in [4.69, 9.17) is 0 Å². The SMILES string of the molecule is CCC/C=C/[C@H](C)CC(=O)NC(C)C. The van der Waals surface area contributed by atoms with E-state index in [0.29, 0.717) is 12.3 Å². The predicted molar refractivity (Wildman–Crippen MR) is 61.1 cm³/mol. The van der Waals surface area contributed by atoms with E-state index in [0.717, 1.165) is 6.42 Å². The van der Waals surface area contributed by atoms with Gasteiger partial charge in [-0.15, -0.1) is 0 Å². The topological polar surface area (TPSA) is 29.1 Å². The number of amides is 1. The van der Waals surface area contributed by atoms with Gasteiger partial charge in [-0.25, -0.2) is 0 Å². The number of nitrogens with one attached hydrogen (secondary N) is 1. The van der Waals surface area contributed by atoms with Crippen molar-refractivity contribution >= 4 is 5.91 Å². The van der Waals surface area contributed by atoms with Crippen LogP contribution in [-0.2, 0) is 4.79 Å². The molecule has 0 fully saturated rings. The highest BCUT2D eigenvalue weighted by atomic mass is 16.1. The van der Waals surface area contributed by atoms with Crippen LogP contribution in [0.1, 0.15) is 47.0 Å². The van der Waals surface area contributed by atoms with Gasteiger partial charge in [0.05, 0.1) is 0 Å². The van der Waals surface area contributed by atoms with Gasteiger partial charge >= 0.3 is 0 Å². The zero-order chi connectivity index (χ0) is 11.0. The number of carbonyl (C=O) groups excluding carboxylic acids is 1. The quantitative estimate of drug-likeness (QED) is 0.652. The first kappa shape index (κ1) is 13.2. The molecular weight excluding hydrogens is 174 g/mol. The second-order valence-corrected chi connectivity index (χ2v) is 4.12. The highest BCUT2D eigenvalue weighted by Gasteiger charge is 2.06. The average molecular weight is 197 g/mol. The van der Waals surface area contributed by atoms with Gasteiger partial charge < -0.3 is 5.32 Å². The summed E-state index contributed by atoms with van der Waals surface area (Å²) in [5, 5.41) is 2.89. The minimum Gasteiger partial charge on any atom is -0.354 e. The molecule has 0 aromatic heterocycles. The molecule has 0 aliphatic heterocycles. The lowest BCUT2D eigenvalue weighted by Gasteiger charge is -2.10. The van der Waals surface area contributed by atoms with Crippen LogP contribution in [0.15, 0.2) is 12.2 Å². The second kappa shape index (κ2) is 7.60. The highest BCUT2D eigenvalue weighted by molar-refractivity contribution is 5.76. The fraction of sp³-hybridized carbons (Fsp3) is 0.750. The molecule has 0 bridgehead atoms. The number of hydrogen-bond acceptors (Lipinski definition) is 1. The van der Waals surface area contributed by atoms with E-state index in [2.05, 4.69) is 31.3 Å². The van der Waals surface area contributed by atoms with Crippen molar-refractivity contribution in [3.8, 4) is 0 Å². The minimum absolute atomic E-state index is 0.147. The Morgan fingerprint density at radius 1 is 1.36 bits per heavy atom. The molecule has 1 atom stereocenters. The lowest BCUT2D eigenvalue weighted by molar-refractivity contribution is -0.122. The maximum absolute atomic E-state index is 11.4. The summed E-state index contributed by atoms with van der Waals surface area (Å²) in [4.78, 5) is 11.4. The van der Waals surface area contributed by atoms with Crippen LogP contribution >= 0.6 is 0 Å². The molecule has 0 aliphatic carbocycles. The van der Waals surface area contributed by atoms with Crippen molar-refractivity contribution in [3.05, 3.63) is 12.2 Å². The van der Waals surface area contributed by atoms with Crippen LogP contribution in [0.5, 0.6) is 0 Å². The maximum atomic E-state index is 11.4. The van der Waals surface area contributed by atoms with Crippen LogP contribution < -0.4 is 5.32 Å². The van der Waals surface area contributed by atoms with E-state index in [1.54, 1.807) is 0 Å². The van der Waals surface area contributed by atoms with E-state index in [1.807, 2.05) is 13.8 Å². The van der Waals surface area contributed by atoms with Gasteiger partial charge in [-0.3, -0.25) is 4.79 Å². The second-order valence-electron chi connectivity index (χ2n) is 4.12. The summed E-state index contributed by atoms with van der Waals surface area (Å²) < 4.78 is 0. The largest absolute Gasteiger partial charge is 0.354 e. The molecular formula is C12H23NO. The lowest BCUT2D eigenvalue weighted by atomic mass is 10.1. The Balaban J connectivity index is 3.70. The molecule has 82 valence electrons. The summed E-state index contributed by atoms with van der Waals surface area (Å²) in [6.45, 7) is 8.19. The van der Waals surface area contributed by atoms with Crippen LogP contribution in [0.25, 0.3) is 0 Å². The maximum Gasteiger partial charge on any atom is 0.220 e. The Morgan fingerprint density at radius 3 is 2.50 bits per heavy atom. The molecule has 0 saturated carbocycles. The van der Waals surface area contributed by atoms with E-state index >= 15 is 0 Å². The number of rotatable bonds is 6. The number of hydrogen-bond donors (Lipinski definition) is 1. The molecule has 0 unspecified atom stereocenters. The van der Waals surface area contributed by atoms with Crippen molar-refractivity contribution < 1.29 is 4.79 Å². The summed E-state index contributed by atoms with van der Waals surface area (Å²) in [5.74, 6) is 0.494.